The van der Waals surface area contributed by atoms with Crippen molar-refractivity contribution < 1.29 is 0 Å². The monoisotopic (exact) mass is 121 g/mol. The van der Waals surface area contributed by atoms with Crippen molar-refractivity contribution in [1.82, 2.24) is 0 Å². The average Bonchev–Trinajstić information content (AvgIpc) is 1.80. The van der Waals surface area contributed by atoms with Gasteiger partial charge < -0.3 is 11.5 Å². The summed E-state index contributed by atoms with van der Waals surface area (Å²) in [4.78, 5) is 0. The van der Waals surface area contributed by atoms with Gasteiger partial charge in [0, 0.05) is 11.4 Å². The molecule has 0 aliphatic rings. The molecule has 0 spiro atoms. The highest BCUT2D eigenvalue weighted by atomic mass is 14.6. The molecular formula is C7H9N2. The summed E-state index contributed by atoms with van der Waals surface area (Å²) in [6.07, 6.45) is 0. The second-order valence-corrected chi connectivity index (χ2v) is 2.01. The van der Waals surface area contributed by atoms with Crippen LogP contribution in [0.2, 0.25) is 0 Å². The summed E-state index contributed by atoms with van der Waals surface area (Å²) in [5.74, 6) is 0. The van der Waals surface area contributed by atoms with Gasteiger partial charge in [0.2, 0.25) is 0 Å². The van der Waals surface area contributed by atoms with Gasteiger partial charge in [0.25, 0.3) is 0 Å². The molecule has 9 heavy (non-hydrogen) atoms. The topological polar surface area (TPSA) is 52.0 Å². The Balaban J connectivity index is 3.17. The van der Waals surface area contributed by atoms with E-state index in [0.29, 0.717) is 11.4 Å². The number of rotatable bonds is 0. The summed E-state index contributed by atoms with van der Waals surface area (Å²) in [6, 6.07) is 6.36. The lowest BCUT2D eigenvalue weighted by Crippen LogP contribution is -1.91. The SMILES string of the molecule is Cc1[c]cc(N)cc1N. The quantitative estimate of drug-likeness (QED) is 0.502. The van der Waals surface area contributed by atoms with Gasteiger partial charge in [-0.25, -0.2) is 0 Å². The maximum atomic E-state index is 5.51. The molecule has 0 atom stereocenters. The molecule has 0 saturated heterocycles. The van der Waals surface area contributed by atoms with Crippen LogP contribution >= 0.6 is 0 Å². The first-order valence-electron chi connectivity index (χ1n) is 2.73. The molecule has 0 heterocycles. The highest BCUT2D eigenvalue weighted by Crippen LogP contribution is 2.12. The van der Waals surface area contributed by atoms with Gasteiger partial charge in [0.15, 0.2) is 0 Å². The van der Waals surface area contributed by atoms with Crippen molar-refractivity contribution in [2.24, 2.45) is 0 Å². The zero-order chi connectivity index (χ0) is 6.85. The van der Waals surface area contributed by atoms with Crippen LogP contribution in [-0.2, 0) is 0 Å². The van der Waals surface area contributed by atoms with E-state index in [1.807, 2.05) is 6.92 Å². The summed E-state index contributed by atoms with van der Waals surface area (Å²) in [6.45, 7) is 1.90. The Labute approximate surface area is 54.5 Å². The molecule has 4 N–H and O–H groups in total. The third-order valence-electron chi connectivity index (χ3n) is 1.21. The van der Waals surface area contributed by atoms with Crippen LogP contribution in [0.1, 0.15) is 5.56 Å². The third kappa shape index (κ3) is 1.13. The van der Waals surface area contributed by atoms with Crippen LogP contribution in [-0.4, -0.2) is 0 Å². The predicted molar refractivity (Wildman–Crippen MR) is 38.8 cm³/mol. The van der Waals surface area contributed by atoms with Crippen molar-refractivity contribution in [2.45, 2.75) is 6.92 Å². The molecule has 0 aromatic heterocycles. The number of nitrogens with two attached hydrogens (primary N) is 2. The van der Waals surface area contributed by atoms with Crippen LogP contribution in [0.15, 0.2) is 12.1 Å². The molecule has 1 aromatic rings. The number of nitrogen functional groups attached to an aromatic ring is 2. The third-order valence-corrected chi connectivity index (χ3v) is 1.21. The maximum Gasteiger partial charge on any atom is 0.0370 e. The summed E-state index contributed by atoms with van der Waals surface area (Å²) < 4.78 is 0. The fraction of sp³-hybridized carbons (Fsp3) is 0.143. The van der Waals surface area contributed by atoms with E-state index in [-0.39, 0.29) is 0 Å². The molecule has 0 fully saturated rings. The smallest absolute Gasteiger partial charge is 0.0370 e. The molecule has 47 valence electrons. The first-order valence-corrected chi connectivity index (χ1v) is 2.73. The predicted octanol–water partition coefficient (Wildman–Crippen LogP) is 0.960. The van der Waals surface area contributed by atoms with Gasteiger partial charge in [-0.1, -0.05) is 0 Å². The minimum Gasteiger partial charge on any atom is -0.399 e. The van der Waals surface area contributed by atoms with Crippen molar-refractivity contribution in [3.05, 3.63) is 23.8 Å². The molecule has 0 aliphatic heterocycles. The van der Waals surface area contributed by atoms with Crippen LogP contribution in [0, 0.1) is 13.0 Å². The van der Waals surface area contributed by atoms with E-state index in [1.165, 1.54) is 0 Å². The van der Waals surface area contributed by atoms with E-state index in [2.05, 4.69) is 6.07 Å². The van der Waals surface area contributed by atoms with Gasteiger partial charge >= 0.3 is 0 Å². The molecule has 0 aliphatic carbocycles. The Morgan fingerprint density at radius 1 is 1.44 bits per heavy atom. The van der Waals surface area contributed by atoms with Gasteiger partial charge in [0.1, 0.15) is 0 Å². The summed E-state index contributed by atoms with van der Waals surface area (Å²) >= 11 is 0. The highest BCUT2D eigenvalue weighted by Gasteiger charge is 1.90. The largest absolute Gasteiger partial charge is 0.399 e. The number of aryl methyl sites for hydroxylation is 1. The molecule has 0 amide bonds. The fourth-order valence-corrected chi connectivity index (χ4v) is 0.604. The van der Waals surface area contributed by atoms with Crippen molar-refractivity contribution in [1.29, 1.82) is 0 Å². The van der Waals surface area contributed by atoms with Crippen LogP contribution in [0.25, 0.3) is 0 Å². The summed E-state index contributed by atoms with van der Waals surface area (Å²) in [7, 11) is 0. The van der Waals surface area contributed by atoms with E-state index in [9.17, 15) is 0 Å². The summed E-state index contributed by atoms with van der Waals surface area (Å²) in [5, 5.41) is 0. The molecule has 1 radical (unpaired) electrons. The maximum absolute atomic E-state index is 5.51. The lowest BCUT2D eigenvalue weighted by molar-refractivity contribution is 1.46. The van der Waals surface area contributed by atoms with Crippen LogP contribution in [0.4, 0.5) is 11.4 Å². The second kappa shape index (κ2) is 1.97. The van der Waals surface area contributed by atoms with Gasteiger partial charge in [-0.15, -0.1) is 0 Å². The zero-order valence-corrected chi connectivity index (χ0v) is 5.31. The molecule has 2 heteroatoms. The van der Waals surface area contributed by atoms with Crippen molar-refractivity contribution in [3.8, 4) is 0 Å². The van der Waals surface area contributed by atoms with E-state index in [4.69, 9.17) is 11.5 Å². The van der Waals surface area contributed by atoms with E-state index in [0.717, 1.165) is 5.56 Å². The molecular weight excluding hydrogens is 112 g/mol. The first-order chi connectivity index (χ1) is 4.20. The van der Waals surface area contributed by atoms with E-state index in [1.54, 1.807) is 12.1 Å². The first kappa shape index (κ1) is 5.95. The molecule has 1 aromatic carbocycles. The van der Waals surface area contributed by atoms with Gasteiger partial charge in [0.05, 0.1) is 0 Å². The van der Waals surface area contributed by atoms with Crippen molar-refractivity contribution in [2.75, 3.05) is 11.5 Å². The lowest BCUT2D eigenvalue weighted by Gasteiger charge is -1.97. The molecule has 0 saturated carbocycles. The van der Waals surface area contributed by atoms with Gasteiger partial charge in [-0.2, -0.15) is 0 Å². The van der Waals surface area contributed by atoms with E-state index < -0.39 is 0 Å². The van der Waals surface area contributed by atoms with Crippen LogP contribution in [0.3, 0.4) is 0 Å². The Morgan fingerprint density at radius 2 is 2.11 bits per heavy atom. The molecule has 1 rings (SSSR count). The lowest BCUT2D eigenvalue weighted by atomic mass is 10.2. The van der Waals surface area contributed by atoms with Crippen LogP contribution < -0.4 is 11.5 Å². The molecule has 0 unspecified atom stereocenters. The minimum atomic E-state index is 0.665. The second-order valence-electron chi connectivity index (χ2n) is 2.01. The van der Waals surface area contributed by atoms with Crippen molar-refractivity contribution in [3.63, 3.8) is 0 Å². The van der Waals surface area contributed by atoms with E-state index >= 15 is 0 Å². The number of benzene rings is 1. The highest BCUT2D eigenvalue weighted by molar-refractivity contribution is 5.55. The Hall–Kier alpha value is -1.18. The number of hydrogen-bond acceptors (Lipinski definition) is 2. The Kier molecular flexibility index (Phi) is 1.30. The van der Waals surface area contributed by atoms with Gasteiger partial charge in [-0.05, 0) is 30.7 Å². The fourth-order valence-electron chi connectivity index (χ4n) is 0.604. The summed E-state index contributed by atoms with van der Waals surface area (Å²) in [5.41, 5.74) is 13.2. The molecule has 2 nitrogen and oxygen atoms in total. The Bertz CT molecular complexity index is 218. The standard InChI is InChI=1S/C7H9N2/c1-5-2-3-6(8)4-7(5)9/h3-4H,8-9H2,1H3. The van der Waals surface area contributed by atoms with Crippen LogP contribution in [0.5, 0.6) is 0 Å². The average molecular weight is 121 g/mol. The Morgan fingerprint density at radius 3 is 2.56 bits per heavy atom. The number of hydrogen-bond donors (Lipinski definition) is 2. The number of anilines is 2. The molecule has 0 bridgehead atoms. The van der Waals surface area contributed by atoms with Crippen molar-refractivity contribution >= 4 is 11.4 Å². The minimum absolute atomic E-state index is 0.665. The normalized spacial score (nSPS) is 9.44. The zero-order valence-electron chi connectivity index (χ0n) is 5.31. The van der Waals surface area contributed by atoms with Gasteiger partial charge in [-0.3, -0.25) is 0 Å².